The van der Waals surface area contributed by atoms with Gasteiger partial charge in [0.05, 0.1) is 12.2 Å². The Morgan fingerprint density at radius 3 is 2.21 bits per heavy atom. The Labute approximate surface area is 111 Å². The van der Waals surface area contributed by atoms with Gasteiger partial charge in [0.1, 0.15) is 11.4 Å². The number of imide groups is 1. The van der Waals surface area contributed by atoms with Crippen LogP contribution in [0.15, 0.2) is 24.3 Å². The van der Waals surface area contributed by atoms with Crippen molar-refractivity contribution in [1.29, 1.82) is 0 Å². The summed E-state index contributed by atoms with van der Waals surface area (Å²) in [6.45, 7) is 4.69. The van der Waals surface area contributed by atoms with Crippen LogP contribution in [0.4, 0.5) is 14.9 Å². The second-order valence-corrected chi connectivity index (χ2v) is 4.89. The summed E-state index contributed by atoms with van der Waals surface area (Å²) >= 11 is 0. The zero-order chi connectivity index (χ0) is 14.6. The third-order valence-corrected chi connectivity index (χ3v) is 2.08. The number of carbonyl (C=O) groups is 2. The quantitative estimate of drug-likeness (QED) is 0.891. The van der Waals surface area contributed by atoms with E-state index in [2.05, 4.69) is 0 Å². The van der Waals surface area contributed by atoms with Crippen LogP contribution in [0.1, 0.15) is 20.8 Å². The smallest absolute Gasteiger partial charge is 0.421 e. The van der Waals surface area contributed by atoms with Gasteiger partial charge in [-0.25, -0.2) is 14.1 Å². The van der Waals surface area contributed by atoms with Crippen LogP contribution in [-0.2, 0) is 9.53 Å². The van der Waals surface area contributed by atoms with Gasteiger partial charge in [-0.05, 0) is 45.0 Å². The molecule has 0 aliphatic rings. The Kier molecular flexibility index (Phi) is 4.61. The molecular weight excluding hydrogens is 251 g/mol. The molecule has 2 amide bonds. The summed E-state index contributed by atoms with van der Waals surface area (Å²) in [5, 5.41) is 0. The lowest BCUT2D eigenvalue weighted by Gasteiger charge is -2.25. The second kappa shape index (κ2) is 5.79. The average molecular weight is 268 g/mol. The van der Waals surface area contributed by atoms with Crippen molar-refractivity contribution in [3.8, 4) is 0 Å². The van der Waals surface area contributed by atoms with E-state index in [1.165, 1.54) is 12.1 Å². The van der Waals surface area contributed by atoms with Crippen LogP contribution >= 0.6 is 0 Å². The number of amides is 2. The Morgan fingerprint density at radius 1 is 1.26 bits per heavy atom. The molecule has 19 heavy (non-hydrogen) atoms. The molecule has 0 aliphatic carbocycles. The van der Waals surface area contributed by atoms with Crippen molar-refractivity contribution in [3.05, 3.63) is 30.1 Å². The fraction of sp³-hybridized carbons (Fsp3) is 0.385. The van der Waals surface area contributed by atoms with E-state index in [0.717, 1.165) is 17.0 Å². The summed E-state index contributed by atoms with van der Waals surface area (Å²) < 4.78 is 18.0. The molecule has 104 valence electrons. The minimum Gasteiger partial charge on any atom is -0.443 e. The Balaban J connectivity index is 3.05. The summed E-state index contributed by atoms with van der Waals surface area (Å²) in [5.41, 5.74) is 4.74. The van der Waals surface area contributed by atoms with Crippen LogP contribution in [0.3, 0.4) is 0 Å². The first kappa shape index (κ1) is 15.1. The Bertz CT molecular complexity index is 466. The van der Waals surface area contributed by atoms with E-state index in [0.29, 0.717) is 0 Å². The maximum absolute atomic E-state index is 12.9. The van der Waals surface area contributed by atoms with Crippen molar-refractivity contribution in [3.63, 3.8) is 0 Å². The maximum atomic E-state index is 12.9. The lowest BCUT2D eigenvalue weighted by atomic mass is 10.2. The minimum absolute atomic E-state index is 0.214. The molecule has 0 bridgehead atoms. The molecule has 0 unspecified atom stereocenters. The number of benzene rings is 1. The molecule has 6 heteroatoms. The fourth-order valence-corrected chi connectivity index (χ4v) is 1.34. The molecule has 0 heterocycles. The third-order valence-electron chi connectivity index (χ3n) is 2.08. The predicted octanol–water partition coefficient (Wildman–Crippen LogP) is 2.05. The summed E-state index contributed by atoms with van der Waals surface area (Å²) in [5.74, 6) is -1.09. The minimum atomic E-state index is -0.838. The molecule has 5 nitrogen and oxygen atoms in total. The summed E-state index contributed by atoms with van der Waals surface area (Å²) in [4.78, 5) is 24.5. The van der Waals surface area contributed by atoms with Gasteiger partial charge in [-0.15, -0.1) is 0 Å². The van der Waals surface area contributed by atoms with Crippen molar-refractivity contribution < 1.29 is 18.7 Å². The van der Waals surface area contributed by atoms with E-state index in [1.807, 2.05) is 0 Å². The number of anilines is 1. The zero-order valence-electron chi connectivity index (χ0n) is 11.1. The van der Waals surface area contributed by atoms with Gasteiger partial charge in [0, 0.05) is 0 Å². The molecule has 0 spiro atoms. The molecule has 1 aromatic rings. The standard InChI is InChI=1S/C13H17FN2O3/c1-13(2,3)19-12(18)16(11(17)8-15)10-6-4-9(14)5-7-10/h4-7H,8,15H2,1-3H3. The van der Waals surface area contributed by atoms with Crippen LogP contribution in [0.2, 0.25) is 0 Å². The van der Waals surface area contributed by atoms with Crippen LogP contribution in [-0.4, -0.2) is 24.1 Å². The second-order valence-electron chi connectivity index (χ2n) is 4.89. The molecule has 0 radical (unpaired) electrons. The Morgan fingerprint density at radius 2 is 1.79 bits per heavy atom. The molecule has 0 fully saturated rings. The number of carbonyl (C=O) groups excluding carboxylic acids is 2. The van der Waals surface area contributed by atoms with Gasteiger partial charge in [0.2, 0.25) is 5.91 Å². The number of halogens is 1. The van der Waals surface area contributed by atoms with E-state index in [4.69, 9.17) is 10.5 Å². The van der Waals surface area contributed by atoms with Crippen molar-refractivity contribution in [2.75, 3.05) is 11.4 Å². The lowest BCUT2D eigenvalue weighted by molar-refractivity contribution is -0.117. The Hall–Kier alpha value is -1.95. The molecule has 1 rings (SSSR count). The fourth-order valence-electron chi connectivity index (χ4n) is 1.34. The van der Waals surface area contributed by atoms with E-state index in [1.54, 1.807) is 20.8 Å². The number of hydrogen-bond donors (Lipinski definition) is 1. The van der Waals surface area contributed by atoms with Gasteiger partial charge in [-0.1, -0.05) is 0 Å². The van der Waals surface area contributed by atoms with E-state index in [-0.39, 0.29) is 12.2 Å². The van der Waals surface area contributed by atoms with Gasteiger partial charge >= 0.3 is 6.09 Å². The van der Waals surface area contributed by atoms with E-state index < -0.39 is 23.4 Å². The SMILES string of the molecule is CC(C)(C)OC(=O)N(C(=O)CN)c1ccc(F)cc1. The molecule has 0 saturated heterocycles. The topological polar surface area (TPSA) is 72.6 Å². The normalized spacial score (nSPS) is 11.0. The van der Waals surface area contributed by atoms with Crippen molar-refractivity contribution in [1.82, 2.24) is 0 Å². The first-order valence-corrected chi connectivity index (χ1v) is 5.76. The highest BCUT2D eigenvalue weighted by atomic mass is 19.1. The van der Waals surface area contributed by atoms with Gasteiger partial charge in [0.15, 0.2) is 0 Å². The van der Waals surface area contributed by atoms with Crippen molar-refractivity contribution >= 4 is 17.7 Å². The van der Waals surface area contributed by atoms with Crippen LogP contribution in [0.5, 0.6) is 0 Å². The van der Waals surface area contributed by atoms with Crippen LogP contribution < -0.4 is 10.6 Å². The highest BCUT2D eigenvalue weighted by Crippen LogP contribution is 2.18. The van der Waals surface area contributed by atoms with Crippen LogP contribution in [0, 0.1) is 5.82 Å². The van der Waals surface area contributed by atoms with Crippen LogP contribution in [0.25, 0.3) is 0 Å². The average Bonchev–Trinajstić information content (AvgIpc) is 2.29. The highest BCUT2D eigenvalue weighted by molar-refractivity contribution is 6.12. The predicted molar refractivity (Wildman–Crippen MR) is 69.2 cm³/mol. The number of rotatable bonds is 2. The molecule has 1 aromatic carbocycles. The molecule has 0 atom stereocenters. The largest absolute Gasteiger partial charge is 0.443 e. The molecule has 0 aliphatic heterocycles. The molecule has 2 N–H and O–H groups in total. The number of ether oxygens (including phenoxy) is 1. The van der Waals surface area contributed by atoms with Crippen molar-refractivity contribution in [2.24, 2.45) is 5.73 Å². The summed E-state index contributed by atoms with van der Waals surface area (Å²) in [6, 6.07) is 4.92. The van der Waals surface area contributed by atoms with Gasteiger partial charge in [0.25, 0.3) is 0 Å². The van der Waals surface area contributed by atoms with E-state index in [9.17, 15) is 14.0 Å². The maximum Gasteiger partial charge on any atom is 0.421 e. The highest BCUT2D eigenvalue weighted by Gasteiger charge is 2.27. The lowest BCUT2D eigenvalue weighted by Crippen LogP contribution is -2.43. The van der Waals surface area contributed by atoms with Gasteiger partial charge < -0.3 is 10.5 Å². The number of nitrogens with zero attached hydrogens (tertiary/aromatic N) is 1. The third kappa shape index (κ3) is 4.33. The molecular formula is C13H17FN2O3. The van der Waals surface area contributed by atoms with E-state index >= 15 is 0 Å². The summed E-state index contributed by atoms with van der Waals surface area (Å²) in [7, 11) is 0. The van der Waals surface area contributed by atoms with Crippen molar-refractivity contribution in [2.45, 2.75) is 26.4 Å². The van der Waals surface area contributed by atoms with Gasteiger partial charge in [-0.2, -0.15) is 0 Å². The zero-order valence-corrected chi connectivity index (χ0v) is 11.1. The molecule has 0 saturated carbocycles. The van der Waals surface area contributed by atoms with Gasteiger partial charge in [-0.3, -0.25) is 4.79 Å². The first-order chi connectivity index (χ1) is 8.74. The summed E-state index contributed by atoms with van der Waals surface area (Å²) in [6.07, 6.45) is -0.838. The number of hydrogen-bond acceptors (Lipinski definition) is 4. The number of nitrogens with two attached hydrogens (primary N) is 1. The first-order valence-electron chi connectivity index (χ1n) is 5.76. The monoisotopic (exact) mass is 268 g/mol. The molecule has 0 aromatic heterocycles.